The lowest BCUT2D eigenvalue weighted by atomic mass is 10.2. The van der Waals surface area contributed by atoms with Gasteiger partial charge < -0.3 is 10.5 Å². The summed E-state index contributed by atoms with van der Waals surface area (Å²) >= 11 is 0. The first-order valence-electron chi connectivity index (χ1n) is 5.30. The minimum Gasteiger partial charge on any atom is -0.443 e. The highest BCUT2D eigenvalue weighted by Gasteiger charge is 2.18. The van der Waals surface area contributed by atoms with E-state index in [9.17, 15) is 4.79 Å². The van der Waals surface area contributed by atoms with Gasteiger partial charge in [0.25, 0.3) is 0 Å². The van der Waals surface area contributed by atoms with Gasteiger partial charge in [0.2, 0.25) is 0 Å². The van der Waals surface area contributed by atoms with Crippen molar-refractivity contribution in [1.82, 2.24) is 9.55 Å². The van der Waals surface area contributed by atoms with Gasteiger partial charge in [-0.1, -0.05) is 0 Å². The monoisotopic (exact) mass is 225 g/mol. The van der Waals surface area contributed by atoms with Crippen molar-refractivity contribution in [2.24, 2.45) is 5.73 Å². The Morgan fingerprint density at radius 3 is 2.75 bits per heavy atom. The number of hydrogen-bond acceptors (Lipinski definition) is 4. The third-order valence-electron chi connectivity index (χ3n) is 1.77. The lowest BCUT2D eigenvalue weighted by molar-refractivity contribution is 0.0536. The molecule has 2 N–H and O–H groups in total. The van der Waals surface area contributed by atoms with Crippen molar-refractivity contribution in [2.45, 2.75) is 45.8 Å². The predicted molar refractivity (Wildman–Crippen MR) is 61.2 cm³/mol. The SMILES string of the molecule is C[C@H](N)Cc1cn(C(=O)OC(C)(C)C)cn1. The number of rotatable bonds is 2. The van der Waals surface area contributed by atoms with Crippen LogP contribution in [0.4, 0.5) is 4.79 Å². The largest absolute Gasteiger partial charge is 0.443 e. The second-order valence-corrected chi connectivity index (χ2v) is 4.93. The predicted octanol–water partition coefficient (Wildman–Crippen LogP) is 1.56. The van der Waals surface area contributed by atoms with Gasteiger partial charge in [0.15, 0.2) is 0 Å². The maximum absolute atomic E-state index is 11.6. The van der Waals surface area contributed by atoms with Crippen LogP contribution in [0.3, 0.4) is 0 Å². The molecule has 0 spiro atoms. The number of carbonyl (C=O) groups excluding carboxylic acids is 1. The molecule has 1 aromatic heterocycles. The first-order valence-corrected chi connectivity index (χ1v) is 5.30. The molecule has 0 aliphatic carbocycles. The molecule has 16 heavy (non-hydrogen) atoms. The topological polar surface area (TPSA) is 70.1 Å². The van der Waals surface area contributed by atoms with Gasteiger partial charge in [0.05, 0.1) is 5.69 Å². The summed E-state index contributed by atoms with van der Waals surface area (Å²) in [6, 6.07) is 0.0296. The minimum absolute atomic E-state index is 0.0296. The molecular formula is C11H19N3O2. The van der Waals surface area contributed by atoms with Gasteiger partial charge in [-0.25, -0.2) is 14.3 Å². The van der Waals surface area contributed by atoms with E-state index in [1.165, 1.54) is 10.9 Å². The Morgan fingerprint density at radius 1 is 1.62 bits per heavy atom. The fourth-order valence-electron chi connectivity index (χ4n) is 1.21. The van der Waals surface area contributed by atoms with Gasteiger partial charge in [-0.2, -0.15) is 0 Å². The third-order valence-corrected chi connectivity index (χ3v) is 1.77. The lowest BCUT2D eigenvalue weighted by Gasteiger charge is -2.19. The van der Waals surface area contributed by atoms with Gasteiger partial charge in [-0.3, -0.25) is 0 Å². The van der Waals surface area contributed by atoms with E-state index in [0.29, 0.717) is 6.42 Å². The van der Waals surface area contributed by atoms with Crippen molar-refractivity contribution in [1.29, 1.82) is 0 Å². The van der Waals surface area contributed by atoms with Crippen LogP contribution >= 0.6 is 0 Å². The number of nitrogens with two attached hydrogens (primary N) is 1. The van der Waals surface area contributed by atoms with E-state index in [4.69, 9.17) is 10.5 Å². The van der Waals surface area contributed by atoms with Crippen LogP contribution in [0.5, 0.6) is 0 Å². The molecule has 0 saturated heterocycles. The minimum atomic E-state index is -0.497. The normalized spacial score (nSPS) is 13.6. The summed E-state index contributed by atoms with van der Waals surface area (Å²) in [7, 11) is 0. The highest BCUT2D eigenvalue weighted by molar-refractivity contribution is 5.70. The first-order chi connectivity index (χ1) is 7.28. The molecule has 1 aromatic rings. The summed E-state index contributed by atoms with van der Waals surface area (Å²) < 4.78 is 6.53. The number of hydrogen-bond donors (Lipinski definition) is 1. The quantitative estimate of drug-likeness (QED) is 0.829. The van der Waals surface area contributed by atoms with E-state index in [2.05, 4.69) is 4.98 Å². The van der Waals surface area contributed by atoms with Crippen LogP contribution in [0.25, 0.3) is 0 Å². The van der Waals surface area contributed by atoms with E-state index in [1.54, 1.807) is 6.20 Å². The maximum atomic E-state index is 11.6. The maximum Gasteiger partial charge on any atom is 0.419 e. The number of ether oxygens (including phenoxy) is 1. The molecule has 0 radical (unpaired) electrons. The van der Waals surface area contributed by atoms with Gasteiger partial charge in [0.1, 0.15) is 11.9 Å². The van der Waals surface area contributed by atoms with Crippen molar-refractivity contribution in [3.8, 4) is 0 Å². The number of carbonyl (C=O) groups is 1. The molecule has 0 unspecified atom stereocenters. The molecule has 0 aliphatic heterocycles. The summed E-state index contributed by atoms with van der Waals surface area (Å²) in [5, 5.41) is 0. The molecule has 0 saturated carbocycles. The molecule has 90 valence electrons. The standard InChI is InChI=1S/C11H19N3O2/c1-8(12)5-9-6-14(7-13-9)10(15)16-11(2,3)4/h6-8H,5,12H2,1-4H3/t8-/m0/s1. The number of imidazole rings is 1. The van der Waals surface area contributed by atoms with Crippen LogP contribution in [0.2, 0.25) is 0 Å². The van der Waals surface area contributed by atoms with E-state index in [1.807, 2.05) is 27.7 Å². The van der Waals surface area contributed by atoms with Gasteiger partial charge in [-0.15, -0.1) is 0 Å². The average molecular weight is 225 g/mol. The van der Waals surface area contributed by atoms with Crippen LogP contribution in [0, 0.1) is 0 Å². The fraction of sp³-hybridized carbons (Fsp3) is 0.636. The van der Waals surface area contributed by atoms with Gasteiger partial charge >= 0.3 is 6.09 Å². The molecule has 5 nitrogen and oxygen atoms in total. The summed E-state index contributed by atoms with van der Waals surface area (Å²) in [4.78, 5) is 15.7. The molecule has 5 heteroatoms. The lowest BCUT2D eigenvalue weighted by Crippen LogP contribution is -2.26. The number of aromatic nitrogens is 2. The molecule has 1 heterocycles. The van der Waals surface area contributed by atoms with E-state index in [0.717, 1.165) is 5.69 Å². The van der Waals surface area contributed by atoms with Crippen LogP contribution in [-0.4, -0.2) is 27.3 Å². The van der Waals surface area contributed by atoms with Crippen molar-refractivity contribution >= 4 is 6.09 Å². The third kappa shape index (κ3) is 4.02. The van der Waals surface area contributed by atoms with Crippen molar-refractivity contribution in [2.75, 3.05) is 0 Å². The summed E-state index contributed by atoms with van der Waals surface area (Å²) in [6.07, 6.45) is 3.33. The molecule has 0 aliphatic rings. The number of nitrogens with zero attached hydrogens (tertiary/aromatic N) is 2. The van der Waals surface area contributed by atoms with Crippen molar-refractivity contribution in [3.63, 3.8) is 0 Å². The Morgan fingerprint density at radius 2 is 2.25 bits per heavy atom. The zero-order valence-corrected chi connectivity index (χ0v) is 10.2. The van der Waals surface area contributed by atoms with Crippen LogP contribution < -0.4 is 5.73 Å². The van der Waals surface area contributed by atoms with Crippen LogP contribution in [0.1, 0.15) is 33.4 Å². The highest BCUT2D eigenvalue weighted by Crippen LogP contribution is 2.09. The zero-order valence-electron chi connectivity index (χ0n) is 10.2. The second kappa shape index (κ2) is 4.65. The van der Waals surface area contributed by atoms with E-state index < -0.39 is 11.7 Å². The molecule has 1 atom stereocenters. The van der Waals surface area contributed by atoms with E-state index >= 15 is 0 Å². The Bertz CT molecular complexity index is 364. The Labute approximate surface area is 95.6 Å². The molecule has 0 fully saturated rings. The fourth-order valence-corrected chi connectivity index (χ4v) is 1.21. The van der Waals surface area contributed by atoms with Gasteiger partial charge in [-0.05, 0) is 27.7 Å². The van der Waals surface area contributed by atoms with Crippen LogP contribution in [0.15, 0.2) is 12.5 Å². The molecule has 1 rings (SSSR count). The summed E-state index contributed by atoms with van der Waals surface area (Å²) in [6.45, 7) is 7.37. The second-order valence-electron chi connectivity index (χ2n) is 4.93. The zero-order chi connectivity index (χ0) is 12.3. The first kappa shape index (κ1) is 12.7. The Hall–Kier alpha value is -1.36. The summed E-state index contributed by atoms with van der Waals surface area (Å²) in [5.41, 5.74) is 5.94. The molecule has 0 amide bonds. The molecule has 0 aromatic carbocycles. The average Bonchev–Trinajstić information content (AvgIpc) is 2.48. The molecule has 0 bridgehead atoms. The van der Waals surface area contributed by atoms with Crippen LogP contribution in [-0.2, 0) is 11.2 Å². The Kier molecular flexibility index (Phi) is 3.70. The van der Waals surface area contributed by atoms with Gasteiger partial charge in [0, 0.05) is 18.7 Å². The summed E-state index contributed by atoms with van der Waals surface area (Å²) in [5.74, 6) is 0. The van der Waals surface area contributed by atoms with Crippen molar-refractivity contribution < 1.29 is 9.53 Å². The Balaban J connectivity index is 2.67. The van der Waals surface area contributed by atoms with Crippen molar-refractivity contribution in [3.05, 3.63) is 18.2 Å². The molecular weight excluding hydrogens is 206 g/mol. The smallest absolute Gasteiger partial charge is 0.419 e. The van der Waals surface area contributed by atoms with E-state index in [-0.39, 0.29) is 6.04 Å². The highest BCUT2D eigenvalue weighted by atomic mass is 16.6.